The number of ether oxygens (including phenoxy) is 2. The maximum absolute atomic E-state index is 12.6. The van der Waals surface area contributed by atoms with E-state index in [2.05, 4.69) is 67.7 Å². The summed E-state index contributed by atoms with van der Waals surface area (Å²) in [5, 5.41) is 9.61. The number of carbonyl (C=O) groups excluding carboxylic acids is 1. The van der Waals surface area contributed by atoms with Crippen LogP contribution in [0.15, 0.2) is 12.1 Å². The first-order valence-corrected chi connectivity index (χ1v) is 17.5. The van der Waals surface area contributed by atoms with Gasteiger partial charge in [0.1, 0.15) is 17.1 Å². The number of hydrogen-bond donors (Lipinski definition) is 1. The van der Waals surface area contributed by atoms with Crippen LogP contribution in [0.4, 0.5) is 13.2 Å². The zero-order valence-corrected chi connectivity index (χ0v) is 25.9. The summed E-state index contributed by atoms with van der Waals surface area (Å²) in [7, 11) is -2.02. The number of carboxylic acids is 1. The molecule has 0 bridgehead atoms. The van der Waals surface area contributed by atoms with Crippen LogP contribution < -0.4 is 9.47 Å². The molecule has 0 aliphatic carbocycles. The number of halogens is 3. The lowest BCUT2D eigenvalue weighted by atomic mass is 10.0. The molecule has 0 aliphatic heterocycles. The molecule has 0 radical (unpaired) electrons. The summed E-state index contributed by atoms with van der Waals surface area (Å²) in [6, 6.07) is 1.57. The minimum absolute atomic E-state index is 0.197. The summed E-state index contributed by atoms with van der Waals surface area (Å²) < 4.78 is 54.3. The molecule has 1 rings (SSSR count). The Morgan fingerprint density at radius 3 is 1.53 bits per heavy atom. The topological polar surface area (TPSA) is 82.1 Å². The van der Waals surface area contributed by atoms with E-state index in [0.717, 1.165) is 13.2 Å². The molecule has 0 aliphatic rings. The van der Waals surface area contributed by atoms with E-state index in [1.807, 2.05) is 0 Å². The van der Waals surface area contributed by atoms with Gasteiger partial charge in [0, 0.05) is 6.07 Å². The van der Waals surface area contributed by atoms with Gasteiger partial charge in [-0.05, 0) is 56.2 Å². The Balaban J connectivity index is 0.000000723. The Kier molecular flexibility index (Phi) is 11.1. The molecule has 0 unspecified atom stereocenters. The van der Waals surface area contributed by atoms with Gasteiger partial charge in [-0.1, -0.05) is 41.5 Å². The van der Waals surface area contributed by atoms with Crippen molar-refractivity contribution in [2.75, 3.05) is 7.11 Å². The van der Waals surface area contributed by atoms with Gasteiger partial charge in [0.05, 0.1) is 18.8 Å². The lowest BCUT2D eigenvalue weighted by Gasteiger charge is -2.47. The van der Waals surface area contributed by atoms with E-state index in [1.165, 1.54) is 0 Å². The summed E-state index contributed by atoms with van der Waals surface area (Å²) in [4.78, 5) is 22.4. The number of methoxy groups -OCH3 is 1. The van der Waals surface area contributed by atoms with Crippen molar-refractivity contribution < 1.29 is 41.5 Å². The van der Waals surface area contributed by atoms with Gasteiger partial charge >= 0.3 is 12.1 Å². The third kappa shape index (κ3) is 9.22. The molecule has 1 aromatic rings. The second-order valence-electron chi connectivity index (χ2n) is 12.0. The lowest BCUT2D eigenvalue weighted by Crippen LogP contribution is -2.53. The number of benzene rings is 1. The number of carboxylic acid groups (broad SMARTS) is 1. The lowest BCUT2D eigenvalue weighted by molar-refractivity contribution is -0.0887. The molecule has 6 nitrogen and oxygen atoms in total. The van der Waals surface area contributed by atoms with E-state index in [1.54, 1.807) is 13.8 Å². The number of alkyl halides is 3. The van der Waals surface area contributed by atoms with Crippen molar-refractivity contribution in [1.29, 1.82) is 0 Å². The first-order chi connectivity index (χ1) is 15.8. The molecule has 0 saturated carbocycles. The van der Waals surface area contributed by atoms with Crippen molar-refractivity contribution in [3.05, 3.63) is 23.3 Å². The van der Waals surface area contributed by atoms with E-state index < -0.39 is 51.8 Å². The summed E-state index contributed by atoms with van der Waals surface area (Å²) in [6.07, 6.45) is -5.65. The van der Waals surface area contributed by atoms with E-state index in [9.17, 15) is 22.8 Å². The molecule has 0 saturated heterocycles. The Morgan fingerprint density at radius 1 is 0.833 bits per heavy atom. The Labute approximate surface area is 215 Å². The monoisotopic (exact) mass is 552 g/mol. The number of ketones is 1. The number of Topliss-reactive ketones (excluding diaryl/α,β-unsaturated/α-hetero) is 1. The third-order valence-electron chi connectivity index (χ3n) is 6.52. The molecule has 0 spiro atoms. The van der Waals surface area contributed by atoms with Crippen LogP contribution >= 0.6 is 0 Å². The fraction of sp³-hybridized carbons (Fsp3) is 0.680. The molecule has 0 aromatic heterocycles. The second-order valence-corrected chi connectivity index (χ2v) is 21.8. The van der Waals surface area contributed by atoms with Crippen LogP contribution in [0.5, 0.6) is 11.5 Å². The summed E-state index contributed by atoms with van der Waals surface area (Å²) in [5.41, 5.74) is -1.42. The van der Waals surface area contributed by atoms with E-state index in [4.69, 9.17) is 18.7 Å². The van der Waals surface area contributed by atoms with Crippen LogP contribution in [-0.2, 0) is 4.12 Å². The molecule has 0 amide bonds. The number of aromatic carboxylic acids is 1. The maximum Gasteiger partial charge on any atom is 0.455 e. The zero-order chi connectivity index (χ0) is 29.1. The molecule has 11 heteroatoms. The molecule has 0 heterocycles. The van der Waals surface area contributed by atoms with Gasteiger partial charge in [0.15, 0.2) is 16.6 Å². The van der Waals surface area contributed by atoms with Crippen LogP contribution in [0.3, 0.4) is 0 Å². The first-order valence-electron chi connectivity index (χ1n) is 11.7. The maximum atomic E-state index is 12.6. The second kappa shape index (κ2) is 11.7. The van der Waals surface area contributed by atoms with Gasteiger partial charge in [0.2, 0.25) is 0 Å². The van der Waals surface area contributed by atoms with Crippen molar-refractivity contribution in [2.24, 2.45) is 0 Å². The van der Waals surface area contributed by atoms with Crippen molar-refractivity contribution in [2.45, 2.75) is 104 Å². The third-order valence-corrected chi connectivity index (χ3v) is 17.8. The van der Waals surface area contributed by atoms with Crippen LogP contribution in [0, 0.1) is 0 Å². The fourth-order valence-electron chi connectivity index (χ4n) is 2.52. The first kappa shape index (κ1) is 34.1. The predicted octanol–water partition coefficient (Wildman–Crippen LogP) is 7.94. The summed E-state index contributed by atoms with van der Waals surface area (Å²) in [5.74, 6) is -4.27. The molecule has 0 fully saturated rings. The van der Waals surface area contributed by atoms with Crippen LogP contribution in [0.25, 0.3) is 0 Å². The number of carbonyl (C=O) groups is 2. The van der Waals surface area contributed by atoms with Gasteiger partial charge in [-0.15, -0.1) is 0 Å². The van der Waals surface area contributed by atoms with E-state index in [0.29, 0.717) is 16.1 Å². The quantitative estimate of drug-likeness (QED) is 0.273. The van der Waals surface area contributed by atoms with Gasteiger partial charge in [0.25, 0.3) is 5.78 Å². The number of hydrogen-bond acceptors (Lipinski definition) is 5. The Bertz CT molecular complexity index is 903. The standard InChI is InChI=1S/C13H13F3O5.C12H30OSi2/c1-6(2)21-10-5-9(20-3)8(12(18)19)4-7(10)11(17)13(14,15)16;1-11(2,3)14(7,8)13-15(9,10)12(4,5)6/h4-6H,1-3H3,(H,18,19);1-10H3. The average Bonchev–Trinajstić information content (AvgIpc) is 2.63. The highest BCUT2D eigenvalue weighted by Gasteiger charge is 2.46. The molecule has 208 valence electrons. The van der Waals surface area contributed by atoms with E-state index in [-0.39, 0.29) is 11.5 Å². The predicted molar refractivity (Wildman–Crippen MR) is 142 cm³/mol. The minimum atomic E-state index is -5.14. The zero-order valence-electron chi connectivity index (χ0n) is 23.9. The van der Waals surface area contributed by atoms with Crippen LogP contribution in [0.2, 0.25) is 36.3 Å². The molecular weight excluding hydrogens is 509 g/mol. The van der Waals surface area contributed by atoms with Crippen molar-refractivity contribution in [3.63, 3.8) is 0 Å². The molecular formula is C25H43F3O6Si2. The highest BCUT2D eigenvalue weighted by Crippen LogP contribution is 2.44. The average molecular weight is 553 g/mol. The normalized spacial score (nSPS) is 13.1. The molecule has 1 N–H and O–H groups in total. The molecule has 1 aromatic carbocycles. The highest BCUT2D eigenvalue weighted by molar-refractivity contribution is 6.87. The van der Waals surface area contributed by atoms with Gasteiger partial charge in [-0.2, -0.15) is 13.2 Å². The Morgan fingerprint density at radius 2 is 1.25 bits per heavy atom. The molecule has 0 atom stereocenters. The summed E-state index contributed by atoms with van der Waals surface area (Å²) in [6.45, 7) is 26.4. The van der Waals surface area contributed by atoms with Crippen molar-refractivity contribution in [1.82, 2.24) is 0 Å². The SMILES string of the molecule is CC(C)(C)[Si](C)(C)O[Si](C)(C)C(C)(C)C.COc1cc(OC(C)C)c(C(=O)C(F)(F)F)cc1C(=O)O. The largest absolute Gasteiger partial charge is 0.496 e. The smallest absolute Gasteiger partial charge is 0.455 e. The number of rotatable bonds is 7. The van der Waals surface area contributed by atoms with Crippen molar-refractivity contribution >= 4 is 28.4 Å². The van der Waals surface area contributed by atoms with Gasteiger partial charge < -0.3 is 18.7 Å². The van der Waals surface area contributed by atoms with Crippen molar-refractivity contribution in [3.8, 4) is 11.5 Å². The summed E-state index contributed by atoms with van der Waals surface area (Å²) >= 11 is 0. The highest BCUT2D eigenvalue weighted by atomic mass is 28.4. The van der Waals surface area contributed by atoms with Gasteiger partial charge in [-0.25, -0.2) is 4.79 Å². The Hall–Kier alpha value is -1.86. The molecule has 36 heavy (non-hydrogen) atoms. The van der Waals surface area contributed by atoms with Gasteiger partial charge in [-0.3, -0.25) is 4.79 Å². The van der Waals surface area contributed by atoms with Crippen LogP contribution in [0.1, 0.15) is 76.1 Å². The fourth-order valence-corrected chi connectivity index (χ4v) is 10.1. The van der Waals surface area contributed by atoms with Crippen LogP contribution in [-0.4, -0.2) is 52.9 Å². The minimum Gasteiger partial charge on any atom is -0.496 e. The van der Waals surface area contributed by atoms with E-state index >= 15 is 0 Å².